The first-order valence-electron chi connectivity index (χ1n) is 9.80. The van der Waals surface area contributed by atoms with E-state index in [1.54, 1.807) is 19.2 Å². The van der Waals surface area contributed by atoms with Crippen LogP contribution in [-0.2, 0) is 6.54 Å². The van der Waals surface area contributed by atoms with Crippen LogP contribution in [0.4, 0.5) is 0 Å². The van der Waals surface area contributed by atoms with Crippen molar-refractivity contribution in [2.24, 2.45) is 5.73 Å². The van der Waals surface area contributed by atoms with Crippen molar-refractivity contribution in [3.63, 3.8) is 0 Å². The van der Waals surface area contributed by atoms with E-state index >= 15 is 0 Å². The van der Waals surface area contributed by atoms with Gasteiger partial charge in [-0.25, -0.2) is 5.10 Å². The number of nitrogens with two attached hydrogens (primary N) is 1. The van der Waals surface area contributed by atoms with E-state index in [0.29, 0.717) is 39.2 Å². The van der Waals surface area contributed by atoms with Gasteiger partial charge in [0.2, 0.25) is 0 Å². The lowest BCUT2D eigenvalue weighted by atomic mass is 9.92. The molecule has 1 aliphatic rings. The second-order valence-corrected chi connectivity index (χ2v) is 7.30. The third-order valence-electron chi connectivity index (χ3n) is 5.53. The highest BCUT2D eigenvalue weighted by Gasteiger charge is 2.28. The Labute approximate surface area is 173 Å². The largest absolute Gasteiger partial charge is 0.387 e. The molecule has 0 amide bonds. The minimum atomic E-state index is -0.285. The molecule has 7 heteroatoms. The van der Waals surface area contributed by atoms with Crippen LogP contribution in [0.25, 0.3) is 22.0 Å². The van der Waals surface area contributed by atoms with Crippen molar-refractivity contribution in [1.82, 2.24) is 15.5 Å². The molecule has 0 saturated heterocycles. The molecule has 150 valence electrons. The summed E-state index contributed by atoms with van der Waals surface area (Å²) in [6.45, 7) is 0.182. The molecule has 1 heterocycles. The van der Waals surface area contributed by atoms with Gasteiger partial charge in [0, 0.05) is 36.3 Å². The molecule has 1 fully saturated rings. The summed E-state index contributed by atoms with van der Waals surface area (Å²) >= 11 is 0. The van der Waals surface area contributed by atoms with Crippen molar-refractivity contribution in [3.05, 3.63) is 74.7 Å². The number of nitrogens with one attached hydrogen (secondary N) is 3. The Hall–Kier alpha value is -3.76. The number of hydrogen-bond acceptors (Lipinski definition) is 6. The summed E-state index contributed by atoms with van der Waals surface area (Å²) in [5.74, 6) is 0.437. The second kappa shape index (κ2) is 7.93. The summed E-state index contributed by atoms with van der Waals surface area (Å²) in [5.41, 5.74) is 10.6. The van der Waals surface area contributed by atoms with Crippen molar-refractivity contribution in [2.45, 2.75) is 25.3 Å². The van der Waals surface area contributed by atoms with Crippen molar-refractivity contribution in [1.29, 1.82) is 10.7 Å². The van der Waals surface area contributed by atoms with Gasteiger partial charge in [0.15, 0.2) is 0 Å². The highest BCUT2D eigenvalue weighted by Crippen LogP contribution is 2.43. The van der Waals surface area contributed by atoms with E-state index in [4.69, 9.17) is 11.1 Å². The van der Waals surface area contributed by atoms with Crippen LogP contribution in [0.1, 0.15) is 46.7 Å². The number of allylic oxidation sites excluding steroid dienone is 1. The van der Waals surface area contributed by atoms with Crippen LogP contribution in [-0.4, -0.2) is 23.5 Å². The molecule has 1 aliphatic carbocycles. The van der Waals surface area contributed by atoms with Gasteiger partial charge in [-0.2, -0.15) is 10.4 Å². The Morgan fingerprint density at radius 1 is 1.37 bits per heavy atom. The SMILES string of the molecule is CN/C(=C(\C=N)c1ccc2c(=O)[nH]nc(CN)c2c1)c1cccc(C2CC2)c1C#N. The van der Waals surface area contributed by atoms with Crippen molar-refractivity contribution >= 4 is 28.3 Å². The summed E-state index contributed by atoms with van der Waals surface area (Å²) < 4.78 is 0. The molecular formula is C23H22N6O. The standard InChI is InChI=1S/C23H22N6O/c1-27-22(16-4-2-3-15(13-5-6-13)20(16)11-25)19(10-24)14-7-8-17-18(9-14)21(12-26)28-29-23(17)30/h2-4,7-10,13,24,27H,5-6,12,26H2,1H3,(H,29,30)/b22-19+,24-10?. The number of H-pyrrole nitrogens is 1. The first-order valence-corrected chi connectivity index (χ1v) is 9.80. The van der Waals surface area contributed by atoms with Crippen LogP contribution in [0.15, 0.2) is 41.2 Å². The van der Waals surface area contributed by atoms with E-state index in [1.165, 1.54) is 6.21 Å². The molecule has 0 aliphatic heterocycles. The Bertz CT molecular complexity index is 1280. The molecule has 0 spiro atoms. The minimum Gasteiger partial charge on any atom is -0.387 e. The van der Waals surface area contributed by atoms with E-state index in [9.17, 15) is 10.1 Å². The van der Waals surface area contributed by atoms with Crippen LogP contribution in [0.3, 0.4) is 0 Å². The van der Waals surface area contributed by atoms with Gasteiger partial charge in [-0.05, 0) is 42.0 Å². The highest BCUT2D eigenvalue weighted by atomic mass is 16.1. The van der Waals surface area contributed by atoms with Crippen LogP contribution < -0.4 is 16.6 Å². The molecule has 3 aromatic rings. The van der Waals surface area contributed by atoms with E-state index in [1.807, 2.05) is 24.3 Å². The molecule has 0 atom stereocenters. The Morgan fingerprint density at radius 2 is 2.17 bits per heavy atom. The molecule has 1 saturated carbocycles. The van der Waals surface area contributed by atoms with Crippen molar-refractivity contribution in [3.8, 4) is 6.07 Å². The first-order chi connectivity index (χ1) is 14.6. The maximum atomic E-state index is 12.1. The quantitative estimate of drug-likeness (QED) is 0.374. The zero-order chi connectivity index (χ0) is 21.3. The molecule has 0 bridgehead atoms. The second-order valence-electron chi connectivity index (χ2n) is 7.30. The van der Waals surface area contributed by atoms with E-state index < -0.39 is 0 Å². The Morgan fingerprint density at radius 3 is 2.80 bits per heavy atom. The smallest absolute Gasteiger partial charge is 0.272 e. The van der Waals surface area contributed by atoms with E-state index in [2.05, 4.69) is 21.6 Å². The lowest BCUT2D eigenvalue weighted by molar-refractivity contribution is 0.900. The molecule has 0 radical (unpaired) electrons. The summed E-state index contributed by atoms with van der Waals surface area (Å²) in [6.07, 6.45) is 3.46. The molecule has 1 aromatic heterocycles. The van der Waals surface area contributed by atoms with Crippen LogP contribution in [0, 0.1) is 16.7 Å². The molecule has 4 rings (SSSR count). The maximum Gasteiger partial charge on any atom is 0.272 e. The van der Waals surface area contributed by atoms with Gasteiger partial charge in [0.05, 0.1) is 22.3 Å². The van der Waals surface area contributed by atoms with Gasteiger partial charge < -0.3 is 16.5 Å². The number of aromatic nitrogens is 2. The van der Waals surface area contributed by atoms with Crippen LogP contribution in [0.5, 0.6) is 0 Å². The first kappa shape index (κ1) is 19.6. The molecule has 7 nitrogen and oxygen atoms in total. The van der Waals surface area contributed by atoms with Crippen molar-refractivity contribution < 1.29 is 0 Å². The molecule has 2 aromatic carbocycles. The number of hydrogen-bond donors (Lipinski definition) is 4. The number of nitrogens with zero attached hydrogens (tertiary/aromatic N) is 2. The number of aromatic amines is 1. The summed E-state index contributed by atoms with van der Waals surface area (Å²) in [5, 5.41) is 28.8. The van der Waals surface area contributed by atoms with Crippen LogP contribution >= 0.6 is 0 Å². The summed E-state index contributed by atoms with van der Waals surface area (Å²) in [6, 6.07) is 13.6. The van der Waals surface area contributed by atoms with Gasteiger partial charge in [-0.3, -0.25) is 4.79 Å². The third-order valence-corrected chi connectivity index (χ3v) is 5.53. The fraction of sp³-hybridized carbons (Fsp3) is 0.217. The molecule has 5 N–H and O–H groups in total. The Kier molecular flexibility index (Phi) is 5.17. The monoisotopic (exact) mass is 398 g/mol. The fourth-order valence-electron chi connectivity index (χ4n) is 3.89. The fourth-order valence-corrected chi connectivity index (χ4v) is 3.89. The molecular weight excluding hydrogens is 376 g/mol. The van der Waals surface area contributed by atoms with Crippen molar-refractivity contribution in [2.75, 3.05) is 7.05 Å². The zero-order valence-electron chi connectivity index (χ0n) is 16.6. The summed E-state index contributed by atoms with van der Waals surface area (Å²) in [4.78, 5) is 12.1. The number of nitriles is 1. The summed E-state index contributed by atoms with van der Waals surface area (Å²) in [7, 11) is 1.78. The lowest BCUT2D eigenvalue weighted by Gasteiger charge is -2.16. The van der Waals surface area contributed by atoms with Gasteiger partial charge in [-0.15, -0.1) is 0 Å². The lowest BCUT2D eigenvalue weighted by Crippen LogP contribution is -2.14. The van der Waals surface area contributed by atoms with Gasteiger partial charge >= 0.3 is 0 Å². The average molecular weight is 398 g/mol. The van der Waals surface area contributed by atoms with E-state index in [-0.39, 0.29) is 12.1 Å². The van der Waals surface area contributed by atoms with Gasteiger partial charge in [-0.1, -0.05) is 24.3 Å². The average Bonchev–Trinajstić information content (AvgIpc) is 3.62. The number of benzene rings is 2. The predicted molar refractivity (Wildman–Crippen MR) is 118 cm³/mol. The van der Waals surface area contributed by atoms with Gasteiger partial charge in [0.1, 0.15) is 6.07 Å². The third kappa shape index (κ3) is 3.27. The molecule has 0 unspecified atom stereocenters. The van der Waals surface area contributed by atoms with Crippen LogP contribution in [0.2, 0.25) is 0 Å². The highest BCUT2D eigenvalue weighted by molar-refractivity contribution is 6.19. The normalized spacial score (nSPS) is 14.2. The minimum absolute atomic E-state index is 0.182. The Balaban J connectivity index is 1.96. The number of fused-ring (bicyclic) bond motifs is 1. The van der Waals surface area contributed by atoms with Gasteiger partial charge in [0.25, 0.3) is 5.56 Å². The zero-order valence-corrected chi connectivity index (χ0v) is 16.6. The molecule has 30 heavy (non-hydrogen) atoms. The number of rotatable bonds is 6. The van der Waals surface area contributed by atoms with E-state index in [0.717, 1.165) is 29.5 Å². The topological polar surface area (TPSA) is 131 Å². The predicted octanol–water partition coefficient (Wildman–Crippen LogP) is 2.87. The maximum absolute atomic E-state index is 12.1.